The highest BCUT2D eigenvalue weighted by Crippen LogP contribution is 2.32. The molecule has 0 unspecified atom stereocenters. The lowest BCUT2D eigenvalue weighted by molar-refractivity contribution is 0.318. The van der Waals surface area contributed by atoms with Gasteiger partial charge in [0.15, 0.2) is 5.84 Å². The van der Waals surface area contributed by atoms with Gasteiger partial charge in [0, 0.05) is 12.2 Å². The van der Waals surface area contributed by atoms with Crippen LogP contribution in [0, 0.1) is 0 Å². The van der Waals surface area contributed by atoms with Crippen LogP contribution in [0.1, 0.15) is 24.4 Å². The van der Waals surface area contributed by atoms with Crippen molar-refractivity contribution in [3.63, 3.8) is 0 Å². The summed E-state index contributed by atoms with van der Waals surface area (Å²) >= 11 is 0. The second-order valence-corrected chi connectivity index (χ2v) is 3.24. The Morgan fingerprint density at radius 1 is 1.71 bits per heavy atom. The van der Waals surface area contributed by atoms with Crippen molar-refractivity contribution in [3.8, 4) is 0 Å². The summed E-state index contributed by atoms with van der Waals surface area (Å²) in [6.07, 6.45) is 4.76. The normalized spacial score (nSPS) is 17.0. The van der Waals surface area contributed by atoms with Crippen molar-refractivity contribution in [1.82, 2.24) is 9.55 Å². The smallest absolute Gasteiger partial charge is 0.264 e. The molecule has 1 heterocycles. The summed E-state index contributed by atoms with van der Waals surface area (Å²) in [6, 6.07) is 0.237. The van der Waals surface area contributed by atoms with Gasteiger partial charge in [-0.2, -0.15) is 0 Å². The second-order valence-electron chi connectivity index (χ2n) is 3.24. The molecular weight excluding hydrogens is 184 g/mol. The molecule has 0 spiro atoms. The van der Waals surface area contributed by atoms with E-state index in [9.17, 15) is 4.79 Å². The van der Waals surface area contributed by atoms with Crippen LogP contribution in [0.2, 0.25) is 0 Å². The first-order valence-electron chi connectivity index (χ1n) is 4.28. The monoisotopic (exact) mass is 194 g/mol. The number of nitrogens with two attached hydrogens (primary N) is 1. The van der Waals surface area contributed by atoms with Crippen molar-refractivity contribution in [2.45, 2.75) is 18.9 Å². The van der Waals surface area contributed by atoms with Crippen molar-refractivity contribution in [3.05, 3.63) is 28.4 Å². The molecule has 0 aromatic carbocycles. The maximum absolute atomic E-state index is 11.7. The van der Waals surface area contributed by atoms with Crippen molar-refractivity contribution in [1.29, 1.82) is 0 Å². The van der Waals surface area contributed by atoms with E-state index in [1.807, 2.05) is 0 Å². The first-order valence-corrected chi connectivity index (χ1v) is 4.28. The number of nitrogens with zero attached hydrogens (tertiary/aromatic N) is 3. The number of oxime groups is 1. The molecule has 0 amide bonds. The molecule has 1 aliphatic carbocycles. The second kappa shape index (κ2) is 3.13. The van der Waals surface area contributed by atoms with Gasteiger partial charge in [0.25, 0.3) is 5.56 Å². The Hall–Kier alpha value is -1.85. The fourth-order valence-corrected chi connectivity index (χ4v) is 1.27. The van der Waals surface area contributed by atoms with Crippen LogP contribution < -0.4 is 11.3 Å². The van der Waals surface area contributed by atoms with E-state index in [4.69, 9.17) is 10.9 Å². The minimum absolute atomic E-state index is 0.141. The highest BCUT2D eigenvalue weighted by molar-refractivity contribution is 5.96. The number of rotatable bonds is 2. The molecule has 0 saturated heterocycles. The Balaban J connectivity index is 2.52. The van der Waals surface area contributed by atoms with Crippen molar-refractivity contribution >= 4 is 5.84 Å². The van der Waals surface area contributed by atoms with Crippen LogP contribution in [-0.4, -0.2) is 20.6 Å². The summed E-state index contributed by atoms with van der Waals surface area (Å²) in [5.41, 5.74) is 5.22. The van der Waals surface area contributed by atoms with Gasteiger partial charge >= 0.3 is 0 Å². The van der Waals surface area contributed by atoms with Crippen LogP contribution in [0.25, 0.3) is 0 Å². The highest BCUT2D eigenvalue weighted by Gasteiger charge is 2.25. The van der Waals surface area contributed by atoms with Gasteiger partial charge in [-0.05, 0) is 12.8 Å². The molecule has 74 valence electrons. The standard InChI is InChI=1S/C8H10N4O2/c9-7(11-14)6-3-10-4-12(8(6)13)5-1-2-5/h3-5,14H,1-2H2,(H2,9,11). The third kappa shape index (κ3) is 1.34. The van der Waals surface area contributed by atoms with Crippen molar-refractivity contribution in [2.24, 2.45) is 10.9 Å². The summed E-state index contributed by atoms with van der Waals surface area (Å²) in [7, 11) is 0. The summed E-state index contributed by atoms with van der Waals surface area (Å²) in [4.78, 5) is 15.6. The summed E-state index contributed by atoms with van der Waals surface area (Å²) in [5.74, 6) is -0.197. The Kier molecular flexibility index (Phi) is 1.95. The lowest BCUT2D eigenvalue weighted by Crippen LogP contribution is -2.29. The van der Waals surface area contributed by atoms with Gasteiger partial charge in [0.05, 0.1) is 6.33 Å². The predicted octanol–water partition coefficient (Wildman–Crippen LogP) is -0.327. The van der Waals surface area contributed by atoms with Gasteiger partial charge in [-0.1, -0.05) is 5.16 Å². The van der Waals surface area contributed by atoms with Gasteiger partial charge < -0.3 is 10.9 Å². The van der Waals surface area contributed by atoms with Gasteiger partial charge in [0.2, 0.25) is 0 Å². The van der Waals surface area contributed by atoms with Crippen molar-refractivity contribution in [2.75, 3.05) is 0 Å². The number of aromatic nitrogens is 2. The van der Waals surface area contributed by atoms with Crippen LogP contribution in [-0.2, 0) is 0 Å². The van der Waals surface area contributed by atoms with Gasteiger partial charge in [0.1, 0.15) is 5.56 Å². The van der Waals surface area contributed by atoms with E-state index in [2.05, 4.69) is 10.1 Å². The van der Waals surface area contributed by atoms with Crippen LogP contribution in [0.15, 0.2) is 22.5 Å². The molecule has 1 aromatic heterocycles. The molecule has 1 fully saturated rings. The van der Waals surface area contributed by atoms with E-state index < -0.39 is 0 Å². The van der Waals surface area contributed by atoms with Gasteiger partial charge in [-0.3, -0.25) is 9.36 Å². The van der Waals surface area contributed by atoms with Gasteiger partial charge in [-0.15, -0.1) is 0 Å². The zero-order valence-electron chi connectivity index (χ0n) is 7.42. The summed E-state index contributed by atoms with van der Waals surface area (Å²) in [6.45, 7) is 0. The van der Waals surface area contributed by atoms with Crippen molar-refractivity contribution < 1.29 is 5.21 Å². The molecule has 1 saturated carbocycles. The van der Waals surface area contributed by atoms with E-state index >= 15 is 0 Å². The minimum Gasteiger partial charge on any atom is -0.409 e. The Morgan fingerprint density at radius 3 is 3.00 bits per heavy atom. The molecular formula is C8H10N4O2. The molecule has 14 heavy (non-hydrogen) atoms. The minimum atomic E-state index is -0.252. The van der Waals surface area contributed by atoms with Crippen LogP contribution in [0.4, 0.5) is 0 Å². The number of hydrogen-bond donors (Lipinski definition) is 2. The molecule has 0 atom stereocenters. The number of hydrogen-bond acceptors (Lipinski definition) is 4. The van der Waals surface area contributed by atoms with E-state index in [0.717, 1.165) is 12.8 Å². The molecule has 1 aromatic rings. The van der Waals surface area contributed by atoms with Crippen LogP contribution in [0.5, 0.6) is 0 Å². The SMILES string of the molecule is N/C(=N/O)c1cncn(C2CC2)c1=O. The topological polar surface area (TPSA) is 93.5 Å². The largest absolute Gasteiger partial charge is 0.409 e. The third-order valence-corrected chi connectivity index (χ3v) is 2.18. The fraction of sp³-hybridized carbons (Fsp3) is 0.375. The molecule has 3 N–H and O–H groups in total. The summed E-state index contributed by atoms with van der Waals surface area (Å²) < 4.78 is 1.52. The lowest BCUT2D eigenvalue weighted by Gasteiger charge is -2.03. The fourth-order valence-electron chi connectivity index (χ4n) is 1.27. The first kappa shape index (κ1) is 8.74. The Labute approximate surface area is 79.7 Å². The molecule has 2 rings (SSSR count). The van der Waals surface area contributed by atoms with E-state index in [1.165, 1.54) is 17.1 Å². The van der Waals surface area contributed by atoms with E-state index in [1.54, 1.807) is 0 Å². The zero-order valence-corrected chi connectivity index (χ0v) is 7.42. The Morgan fingerprint density at radius 2 is 2.43 bits per heavy atom. The molecule has 6 nitrogen and oxygen atoms in total. The third-order valence-electron chi connectivity index (χ3n) is 2.18. The highest BCUT2D eigenvalue weighted by atomic mass is 16.4. The average Bonchev–Trinajstić information content (AvgIpc) is 3.01. The van der Waals surface area contributed by atoms with Crippen LogP contribution in [0.3, 0.4) is 0 Å². The quantitative estimate of drug-likeness (QED) is 0.292. The number of amidine groups is 1. The predicted molar refractivity (Wildman–Crippen MR) is 49.3 cm³/mol. The Bertz CT molecular complexity index is 433. The molecule has 0 bridgehead atoms. The molecule has 0 radical (unpaired) electrons. The lowest BCUT2D eigenvalue weighted by atomic mass is 10.3. The maximum Gasteiger partial charge on any atom is 0.264 e. The average molecular weight is 194 g/mol. The van der Waals surface area contributed by atoms with E-state index in [0.29, 0.717) is 0 Å². The molecule has 0 aliphatic heterocycles. The molecule has 1 aliphatic rings. The summed E-state index contributed by atoms with van der Waals surface area (Å²) in [5, 5.41) is 11.2. The van der Waals surface area contributed by atoms with E-state index in [-0.39, 0.29) is 23.0 Å². The van der Waals surface area contributed by atoms with Crippen LogP contribution >= 0.6 is 0 Å². The van der Waals surface area contributed by atoms with Gasteiger partial charge in [-0.25, -0.2) is 4.98 Å². The zero-order chi connectivity index (χ0) is 10.1. The maximum atomic E-state index is 11.7. The first-order chi connectivity index (χ1) is 6.74. The molecule has 6 heteroatoms.